The Kier molecular flexibility index (Phi) is 3.66. The second-order valence-corrected chi connectivity index (χ2v) is 4.77. The minimum atomic E-state index is -1.31. The molecule has 0 unspecified atom stereocenters. The zero-order chi connectivity index (χ0) is 14.2. The number of carbonyl (C=O) groups excluding carboxylic acids is 1. The third kappa shape index (κ3) is 2.81. The smallest absolute Gasteiger partial charge is 0.272 e. The fourth-order valence-electron chi connectivity index (χ4n) is 1.55. The van der Waals surface area contributed by atoms with Gasteiger partial charge in [-0.25, -0.2) is 13.2 Å². The van der Waals surface area contributed by atoms with Crippen molar-refractivity contribution in [3.05, 3.63) is 52.0 Å². The van der Waals surface area contributed by atoms with Gasteiger partial charge < -0.3 is 9.88 Å². The fourth-order valence-corrected chi connectivity index (χ4v) is 2.08. The van der Waals surface area contributed by atoms with Gasteiger partial charge in [0.1, 0.15) is 11.5 Å². The number of hydrogen-bond donors (Lipinski definition) is 1. The molecule has 2 rings (SSSR count). The molecule has 0 atom stereocenters. The van der Waals surface area contributed by atoms with Crippen molar-refractivity contribution >= 4 is 27.5 Å². The summed E-state index contributed by atoms with van der Waals surface area (Å²) in [7, 11) is 1.63. The summed E-state index contributed by atoms with van der Waals surface area (Å²) in [5.41, 5.74) is -0.169. The molecule has 0 aliphatic heterocycles. The monoisotopic (exact) mass is 332 g/mol. The fraction of sp³-hybridized carbons (Fsp3) is 0.0833. The van der Waals surface area contributed by atoms with Crippen molar-refractivity contribution in [3.63, 3.8) is 0 Å². The molecular weight excluding hydrogens is 325 g/mol. The summed E-state index contributed by atoms with van der Waals surface area (Å²) in [5.74, 6) is -4.21. The molecule has 0 aliphatic rings. The maximum absolute atomic E-state index is 13.4. The largest absolute Gasteiger partial charge is 0.345 e. The number of halogens is 4. The topological polar surface area (TPSA) is 34.0 Å². The SMILES string of the molecule is Cn1cc(Br)cc1C(=O)Nc1cc(F)c(F)cc1F. The molecule has 0 aliphatic carbocycles. The van der Waals surface area contributed by atoms with E-state index in [0.29, 0.717) is 16.6 Å². The average Bonchev–Trinajstić information content (AvgIpc) is 2.65. The van der Waals surface area contributed by atoms with Gasteiger partial charge in [0, 0.05) is 29.8 Å². The highest BCUT2D eigenvalue weighted by Crippen LogP contribution is 2.20. The summed E-state index contributed by atoms with van der Waals surface area (Å²) >= 11 is 3.19. The number of rotatable bonds is 2. The molecule has 0 spiro atoms. The van der Waals surface area contributed by atoms with Crippen molar-refractivity contribution in [2.75, 3.05) is 5.32 Å². The van der Waals surface area contributed by atoms with Crippen LogP contribution in [0.1, 0.15) is 10.5 Å². The standard InChI is InChI=1S/C12H8BrF3N2O/c1-18-5-6(13)2-11(18)12(19)17-10-4-8(15)7(14)3-9(10)16/h2-5H,1H3,(H,17,19). The van der Waals surface area contributed by atoms with Gasteiger partial charge in [0.15, 0.2) is 11.6 Å². The Morgan fingerprint density at radius 3 is 2.37 bits per heavy atom. The first-order valence-electron chi connectivity index (χ1n) is 5.16. The van der Waals surface area contributed by atoms with Crippen LogP contribution < -0.4 is 5.32 Å². The van der Waals surface area contributed by atoms with Gasteiger partial charge in [-0.3, -0.25) is 4.79 Å². The molecule has 2 aromatic rings. The minimum absolute atomic E-state index is 0.246. The molecule has 100 valence electrons. The predicted octanol–water partition coefficient (Wildman–Crippen LogP) is 3.46. The van der Waals surface area contributed by atoms with Crippen molar-refractivity contribution in [2.24, 2.45) is 7.05 Å². The first-order chi connectivity index (χ1) is 8.88. The molecule has 1 N–H and O–H groups in total. The first kappa shape index (κ1) is 13.7. The lowest BCUT2D eigenvalue weighted by Gasteiger charge is -2.07. The molecule has 19 heavy (non-hydrogen) atoms. The van der Waals surface area contributed by atoms with Crippen LogP contribution in [0.25, 0.3) is 0 Å². The lowest BCUT2D eigenvalue weighted by atomic mass is 10.2. The van der Waals surface area contributed by atoms with E-state index in [1.165, 1.54) is 10.6 Å². The van der Waals surface area contributed by atoms with Gasteiger partial charge in [0.05, 0.1) is 5.69 Å². The average molecular weight is 333 g/mol. The van der Waals surface area contributed by atoms with Crippen LogP contribution >= 0.6 is 15.9 Å². The third-order valence-electron chi connectivity index (χ3n) is 2.46. The highest BCUT2D eigenvalue weighted by atomic mass is 79.9. The molecule has 1 aromatic heterocycles. The Balaban J connectivity index is 2.29. The summed E-state index contributed by atoms with van der Waals surface area (Å²) in [6.45, 7) is 0. The predicted molar refractivity (Wildman–Crippen MR) is 67.4 cm³/mol. The van der Waals surface area contributed by atoms with Crippen molar-refractivity contribution in [3.8, 4) is 0 Å². The summed E-state index contributed by atoms with van der Waals surface area (Å²) in [6, 6.07) is 2.50. The number of benzene rings is 1. The van der Waals surface area contributed by atoms with Crippen molar-refractivity contribution in [1.29, 1.82) is 0 Å². The maximum atomic E-state index is 13.4. The van der Waals surface area contributed by atoms with Crippen molar-refractivity contribution in [2.45, 2.75) is 0 Å². The minimum Gasteiger partial charge on any atom is -0.345 e. The first-order valence-corrected chi connectivity index (χ1v) is 5.95. The lowest BCUT2D eigenvalue weighted by Crippen LogP contribution is -2.16. The number of amides is 1. The highest BCUT2D eigenvalue weighted by molar-refractivity contribution is 9.10. The van der Waals surface area contributed by atoms with Crippen LogP contribution in [0.3, 0.4) is 0 Å². The van der Waals surface area contributed by atoms with Crippen LogP contribution in [0.4, 0.5) is 18.9 Å². The van der Waals surface area contributed by atoms with Gasteiger partial charge in [-0.1, -0.05) is 0 Å². The van der Waals surface area contributed by atoms with E-state index in [1.54, 1.807) is 13.2 Å². The Labute approximate surface area is 115 Å². The van der Waals surface area contributed by atoms with E-state index in [1.807, 2.05) is 0 Å². The van der Waals surface area contributed by atoms with E-state index >= 15 is 0 Å². The molecule has 0 fully saturated rings. The number of anilines is 1. The molecule has 7 heteroatoms. The molecule has 1 amide bonds. The molecule has 0 saturated heterocycles. The second kappa shape index (κ2) is 5.08. The number of carbonyl (C=O) groups is 1. The number of aryl methyl sites for hydroxylation is 1. The summed E-state index contributed by atoms with van der Waals surface area (Å²) in [5, 5.41) is 2.19. The van der Waals surface area contributed by atoms with Crippen LogP contribution in [0, 0.1) is 17.5 Å². The van der Waals surface area contributed by atoms with E-state index in [-0.39, 0.29) is 5.69 Å². The highest BCUT2D eigenvalue weighted by Gasteiger charge is 2.15. The normalized spacial score (nSPS) is 10.6. The molecule has 0 saturated carbocycles. The van der Waals surface area contributed by atoms with Crippen LogP contribution in [0.2, 0.25) is 0 Å². The molecular formula is C12H8BrF3N2O. The van der Waals surface area contributed by atoms with Gasteiger partial charge in [0.25, 0.3) is 5.91 Å². The second-order valence-electron chi connectivity index (χ2n) is 3.85. The summed E-state index contributed by atoms with van der Waals surface area (Å²) in [4.78, 5) is 11.9. The zero-order valence-corrected chi connectivity index (χ0v) is 11.3. The van der Waals surface area contributed by atoms with Gasteiger partial charge >= 0.3 is 0 Å². The van der Waals surface area contributed by atoms with Crippen LogP contribution in [0.5, 0.6) is 0 Å². The van der Waals surface area contributed by atoms with Crippen molar-refractivity contribution < 1.29 is 18.0 Å². The molecule has 3 nitrogen and oxygen atoms in total. The van der Waals surface area contributed by atoms with E-state index in [0.717, 1.165) is 0 Å². The molecule has 1 heterocycles. The van der Waals surface area contributed by atoms with E-state index < -0.39 is 29.0 Å². The van der Waals surface area contributed by atoms with Gasteiger partial charge in [-0.2, -0.15) is 0 Å². The third-order valence-corrected chi connectivity index (χ3v) is 2.90. The quantitative estimate of drug-likeness (QED) is 0.839. The Hall–Kier alpha value is -1.76. The number of hydrogen-bond acceptors (Lipinski definition) is 1. The van der Waals surface area contributed by atoms with Gasteiger partial charge in [0.2, 0.25) is 0 Å². The van der Waals surface area contributed by atoms with E-state index in [2.05, 4.69) is 21.2 Å². The van der Waals surface area contributed by atoms with E-state index in [4.69, 9.17) is 0 Å². The maximum Gasteiger partial charge on any atom is 0.272 e. The zero-order valence-electron chi connectivity index (χ0n) is 9.68. The molecule has 1 aromatic carbocycles. The Morgan fingerprint density at radius 1 is 1.16 bits per heavy atom. The number of nitrogens with one attached hydrogen (secondary N) is 1. The number of nitrogens with zero attached hydrogens (tertiary/aromatic N) is 1. The summed E-state index contributed by atoms with van der Waals surface area (Å²) < 4.78 is 41.3. The van der Waals surface area contributed by atoms with Crippen LogP contribution in [0.15, 0.2) is 28.9 Å². The lowest BCUT2D eigenvalue weighted by molar-refractivity contribution is 0.101. The molecule has 0 bridgehead atoms. The van der Waals surface area contributed by atoms with Gasteiger partial charge in [-0.15, -0.1) is 0 Å². The number of aromatic nitrogens is 1. The van der Waals surface area contributed by atoms with E-state index in [9.17, 15) is 18.0 Å². The Morgan fingerprint density at radius 2 is 1.79 bits per heavy atom. The van der Waals surface area contributed by atoms with Crippen molar-refractivity contribution in [1.82, 2.24) is 4.57 Å². The Bertz CT molecular complexity index is 655. The van der Waals surface area contributed by atoms with Gasteiger partial charge in [-0.05, 0) is 22.0 Å². The van der Waals surface area contributed by atoms with Crippen LogP contribution in [-0.2, 0) is 7.05 Å². The molecule has 0 radical (unpaired) electrons. The van der Waals surface area contributed by atoms with Crippen LogP contribution in [-0.4, -0.2) is 10.5 Å². The summed E-state index contributed by atoms with van der Waals surface area (Å²) in [6.07, 6.45) is 1.64.